The normalized spacial score (nSPS) is 14.2. The van der Waals surface area contributed by atoms with Crippen LogP contribution in [0.25, 0.3) is 10.2 Å². The summed E-state index contributed by atoms with van der Waals surface area (Å²) in [5.74, 6) is 0.442. The van der Waals surface area contributed by atoms with Crippen LogP contribution in [0.4, 0.5) is 9.93 Å². The molecule has 0 atom stereocenters. The van der Waals surface area contributed by atoms with Crippen molar-refractivity contribution in [3.8, 4) is 5.75 Å². The van der Waals surface area contributed by atoms with Crippen LogP contribution >= 0.6 is 23.7 Å². The van der Waals surface area contributed by atoms with Gasteiger partial charge in [-0.25, -0.2) is 18.2 Å². The van der Waals surface area contributed by atoms with Gasteiger partial charge in [-0.15, -0.1) is 12.4 Å². The number of methoxy groups -OCH3 is 1. The van der Waals surface area contributed by atoms with Gasteiger partial charge >= 0.3 is 6.09 Å². The predicted molar refractivity (Wildman–Crippen MR) is 157 cm³/mol. The molecule has 0 aliphatic carbocycles. The van der Waals surface area contributed by atoms with Gasteiger partial charge < -0.3 is 19.3 Å². The molecule has 1 fully saturated rings. The lowest BCUT2D eigenvalue weighted by Gasteiger charge is -2.33. The maximum absolute atomic E-state index is 13.6. The molecule has 0 saturated carbocycles. The number of benzene rings is 2. The van der Waals surface area contributed by atoms with E-state index in [0.29, 0.717) is 29.5 Å². The molecule has 2 aromatic carbocycles. The number of hydrogen-bond acceptors (Lipinski definition) is 9. The third kappa shape index (κ3) is 7.02. The van der Waals surface area contributed by atoms with Crippen LogP contribution < -0.4 is 9.64 Å². The molecule has 2 amide bonds. The summed E-state index contributed by atoms with van der Waals surface area (Å²) in [5, 5.41) is 0.557. The summed E-state index contributed by atoms with van der Waals surface area (Å²) in [6.45, 7) is 3.87. The van der Waals surface area contributed by atoms with Crippen LogP contribution in [-0.4, -0.2) is 107 Å². The first kappa shape index (κ1) is 31.6. The summed E-state index contributed by atoms with van der Waals surface area (Å²) in [5.41, 5.74) is 1.12. The molecule has 0 radical (unpaired) electrons. The highest BCUT2D eigenvalue weighted by atomic mass is 35.5. The van der Waals surface area contributed by atoms with E-state index in [-0.39, 0.29) is 56.0 Å². The molecular formula is C26H34ClN5O6S2. The highest BCUT2D eigenvalue weighted by Crippen LogP contribution is 2.32. The van der Waals surface area contributed by atoms with Gasteiger partial charge in [0, 0.05) is 44.8 Å². The second-order valence-corrected chi connectivity index (χ2v) is 12.2. The van der Waals surface area contributed by atoms with Crippen molar-refractivity contribution >= 4 is 61.1 Å². The SMILES string of the molecule is CCOC(=O)N1CCN(S(=O)(=O)c2ccc(C(=O)N(CCN(C)C)c3nc4ccc(OC)cc4s3)cc2)CC1.Cl. The van der Waals surface area contributed by atoms with E-state index in [4.69, 9.17) is 9.47 Å². The smallest absolute Gasteiger partial charge is 0.409 e. The molecule has 1 aliphatic heterocycles. The minimum Gasteiger partial charge on any atom is -0.497 e. The van der Waals surface area contributed by atoms with Crippen LogP contribution in [-0.2, 0) is 14.8 Å². The van der Waals surface area contributed by atoms with Crippen LogP contribution in [0.1, 0.15) is 17.3 Å². The number of piperazine rings is 1. The second kappa shape index (κ2) is 13.6. The fourth-order valence-corrected chi connectivity index (χ4v) is 6.56. The Kier molecular flexibility index (Phi) is 10.7. The van der Waals surface area contributed by atoms with E-state index >= 15 is 0 Å². The Balaban J connectivity index is 0.00000441. The first-order valence-electron chi connectivity index (χ1n) is 12.6. The second-order valence-electron chi connectivity index (χ2n) is 9.20. The van der Waals surface area contributed by atoms with E-state index in [1.54, 1.807) is 18.9 Å². The van der Waals surface area contributed by atoms with Crippen molar-refractivity contribution in [1.29, 1.82) is 0 Å². The fourth-order valence-electron chi connectivity index (χ4n) is 4.12. The Morgan fingerprint density at radius 1 is 1.02 bits per heavy atom. The highest BCUT2D eigenvalue weighted by molar-refractivity contribution is 7.89. The third-order valence-corrected chi connectivity index (χ3v) is 9.29. The van der Waals surface area contributed by atoms with Gasteiger partial charge in [0.2, 0.25) is 10.0 Å². The quantitative estimate of drug-likeness (QED) is 0.362. The van der Waals surface area contributed by atoms with Crippen molar-refractivity contribution in [2.75, 3.05) is 72.0 Å². The number of sulfonamides is 1. The molecule has 40 heavy (non-hydrogen) atoms. The third-order valence-electron chi connectivity index (χ3n) is 6.33. The van der Waals surface area contributed by atoms with E-state index in [1.807, 2.05) is 37.2 Å². The van der Waals surface area contributed by atoms with E-state index < -0.39 is 16.1 Å². The van der Waals surface area contributed by atoms with Gasteiger partial charge in [0.15, 0.2) is 5.13 Å². The van der Waals surface area contributed by atoms with Crippen LogP contribution in [0.5, 0.6) is 5.75 Å². The number of fused-ring (bicyclic) bond motifs is 1. The number of hydrogen-bond donors (Lipinski definition) is 0. The molecule has 1 saturated heterocycles. The van der Waals surface area contributed by atoms with Crippen LogP contribution in [0, 0.1) is 0 Å². The van der Waals surface area contributed by atoms with Crippen molar-refractivity contribution in [3.05, 3.63) is 48.0 Å². The molecule has 1 aliphatic rings. The largest absolute Gasteiger partial charge is 0.497 e. The molecule has 14 heteroatoms. The molecular weight excluding hydrogens is 578 g/mol. The highest BCUT2D eigenvalue weighted by Gasteiger charge is 2.31. The van der Waals surface area contributed by atoms with Crippen molar-refractivity contribution < 1.29 is 27.5 Å². The summed E-state index contributed by atoms with van der Waals surface area (Å²) in [6, 6.07) is 11.5. The molecule has 0 bridgehead atoms. The number of likely N-dealkylation sites (N-methyl/N-ethyl adjacent to an activating group) is 1. The molecule has 11 nitrogen and oxygen atoms in total. The zero-order chi connectivity index (χ0) is 28.2. The van der Waals surface area contributed by atoms with Gasteiger partial charge in [0.05, 0.1) is 28.8 Å². The lowest BCUT2D eigenvalue weighted by molar-refractivity contribution is 0.0933. The van der Waals surface area contributed by atoms with Crippen LogP contribution in [0.3, 0.4) is 0 Å². The maximum Gasteiger partial charge on any atom is 0.409 e. The molecule has 3 aromatic rings. The minimum atomic E-state index is -3.78. The average Bonchev–Trinajstić information content (AvgIpc) is 3.36. The number of anilines is 1. The average molecular weight is 612 g/mol. The standard InChI is InChI=1S/C26H33N5O6S2.ClH/c1-5-37-26(33)29-13-15-30(16-14-29)39(34,35)21-9-6-19(7-10-21)24(32)31(17-12-28(2)3)25-27-22-11-8-20(36-4)18-23(22)38-25;/h6-11,18H,5,12-17H2,1-4H3;1H. The molecule has 218 valence electrons. The van der Waals surface area contributed by atoms with Gasteiger partial charge in [-0.1, -0.05) is 11.3 Å². The first-order chi connectivity index (χ1) is 18.6. The van der Waals surface area contributed by atoms with Crippen molar-refractivity contribution in [1.82, 2.24) is 19.1 Å². The van der Waals surface area contributed by atoms with E-state index in [0.717, 1.165) is 10.2 Å². The molecule has 1 aromatic heterocycles. The van der Waals surface area contributed by atoms with E-state index in [9.17, 15) is 18.0 Å². The Morgan fingerprint density at radius 3 is 2.30 bits per heavy atom. The van der Waals surface area contributed by atoms with E-state index in [1.165, 1.54) is 44.8 Å². The summed E-state index contributed by atoms with van der Waals surface area (Å²) in [6.07, 6.45) is -0.441. The summed E-state index contributed by atoms with van der Waals surface area (Å²) < 4.78 is 39.0. The van der Waals surface area contributed by atoms with Crippen molar-refractivity contribution in [2.24, 2.45) is 0 Å². The van der Waals surface area contributed by atoms with Crippen LogP contribution in [0.2, 0.25) is 0 Å². The monoisotopic (exact) mass is 611 g/mol. The number of rotatable bonds is 9. The molecule has 0 unspecified atom stereocenters. The maximum atomic E-state index is 13.6. The number of aromatic nitrogens is 1. The summed E-state index contributed by atoms with van der Waals surface area (Å²) in [7, 11) is 1.67. The molecule has 4 rings (SSSR count). The first-order valence-corrected chi connectivity index (χ1v) is 14.8. The minimum absolute atomic E-state index is 0. The lowest BCUT2D eigenvalue weighted by Crippen LogP contribution is -2.50. The zero-order valence-corrected chi connectivity index (χ0v) is 25.4. The number of halogens is 1. The number of nitrogens with zero attached hydrogens (tertiary/aromatic N) is 5. The van der Waals surface area contributed by atoms with Crippen molar-refractivity contribution in [3.63, 3.8) is 0 Å². The van der Waals surface area contributed by atoms with Crippen LogP contribution in [0.15, 0.2) is 47.4 Å². The molecule has 0 spiro atoms. The lowest BCUT2D eigenvalue weighted by atomic mass is 10.2. The van der Waals surface area contributed by atoms with Gasteiger partial charge in [-0.2, -0.15) is 4.31 Å². The number of amides is 2. The molecule has 0 N–H and O–H groups in total. The van der Waals surface area contributed by atoms with E-state index in [2.05, 4.69) is 4.98 Å². The Hall–Kier alpha value is -2.97. The summed E-state index contributed by atoms with van der Waals surface area (Å²) >= 11 is 1.40. The van der Waals surface area contributed by atoms with Gasteiger partial charge in [0.1, 0.15) is 5.75 Å². The fraction of sp³-hybridized carbons (Fsp3) is 0.423. The number of ether oxygens (including phenoxy) is 2. The van der Waals surface area contributed by atoms with Gasteiger partial charge in [0.25, 0.3) is 5.91 Å². The Labute approximate surface area is 244 Å². The number of carbonyl (C=O) groups excluding carboxylic acids is 2. The topological polar surface area (TPSA) is 113 Å². The molecule has 2 heterocycles. The van der Waals surface area contributed by atoms with Gasteiger partial charge in [-0.05, 0) is 63.5 Å². The summed E-state index contributed by atoms with van der Waals surface area (Å²) in [4.78, 5) is 35.4. The predicted octanol–water partition coefficient (Wildman–Crippen LogP) is 3.40. The Bertz CT molecular complexity index is 1420. The zero-order valence-electron chi connectivity index (χ0n) is 22.9. The number of carbonyl (C=O) groups is 2. The van der Waals surface area contributed by atoms with Gasteiger partial charge in [-0.3, -0.25) is 9.69 Å². The van der Waals surface area contributed by atoms with Crippen molar-refractivity contribution in [2.45, 2.75) is 11.8 Å². The number of thiazole rings is 1. The Morgan fingerprint density at radius 2 is 1.70 bits per heavy atom.